The van der Waals surface area contributed by atoms with Crippen LogP contribution in [0, 0.1) is 0 Å². The van der Waals surface area contributed by atoms with Gasteiger partial charge in [-0.05, 0) is 35.8 Å². The zero-order valence-corrected chi connectivity index (χ0v) is 15.5. The fraction of sp³-hybridized carbons (Fsp3) is 0.150. The molecule has 0 amide bonds. The third-order valence-corrected chi connectivity index (χ3v) is 5.60. The molecule has 0 saturated heterocycles. The highest BCUT2D eigenvalue weighted by molar-refractivity contribution is 7.20. The van der Waals surface area contributed by atoms with Gasteiger partial charge in [0.2, 0.25) is 0 Å². The standard InChI is InChI=1S/C20H17ClN2OS/c1-11(2)16-10-15-18(12(3)14-9-17(21)25-19(14)22-15)20(24)23(16)13-7-5-4-6-8-13/h4-11,22H,3H2,1-2H3. The van der Waals surface area contributed by atoms with Crippen molar-refractivity contribution in [2.24, 2.45) is 0 Å². The van der Waals surface area contributed by atoms with Crippen molar-refractivity contribution >= 4 is 39.2 Å². The molecule has 0 unspecified atom stereocenters. The molecule has 3 nitrogen and oxygen atoms in total. The number of fused-ring (bicyclic) bond motifs is 2. The molecule has 3 aromatic rings. The zero-order chi connectivity index (χ0) is 17.7. The Bertz CT molecular complexity index is 1050. The maximum absolute atomic E-state index is 13.4. The molecule has 1 aromatic carbocycles. The van der Waals surface area contributed by atoms with Gasteiger partial charge >= 0.3 is 0 Å². The van der Waals surface area contributed by atoms with E-state index in [1.807, 2.05) is 36.4 Å². The van der Waals surface area contributed by atoms with E-state index in [1.165, 1.54) is 11.3 Å². The van der Waals surface area contributed by atoms with Crippen LogP contribution in [0.4, 0.5) is 10.7 Å². The van der Waals surface area contributed by atoms with Crippen molar-refractivity contribution in [3.8, 4) is 5.69 Å². The molecular formula is C20H17ClN2OS. The highest BCUT2D eigenvalue weighted by Gasteiger charge is 2.27. The maximum atomic E-state index is 13.4. The van der Waals surface area contributed by atoms with E-state index in [2.05, 4.69) is 31.8 Å². The number of thiophene rings is 1. The summed E-state index contributed by atoms with van der Waals surface area (Å²) < 4.78 is 2.47. The molecule has 0 atom stereocenters. The van der Waals surface area contributed by atoms with Crippen LogP contribution in [0.5, 0.6) is 0 Å². The van der Waals surface area contributed by atoms with Crippen molar-refractivity contribution in [2.45, 2.75) is 19.8 Å². The Kier molecular flexibility index (Phi) is 3.82. The lowest BCUT2D eigenvalue weighted by Crippen LogP contribution is -2.28. The Morgan fingerprint density at radius 3 is 2.60 bits per heavy atom. The summed E-state index contributed by atoms with van der Waals surface area (Å²) in [5.41, 5.74) is 4.79. The highest BCUT2D eigenvalue weighted by atomic mass is 35.5. The van der Waals surface area contributed by atoms with Gasteiger partial charge in [0.25, 0.3) is 5.56 Å². The Labute approximate surface area is 155 Å². The maximum Gasteiger partial charge on any atom is 0.265 e. The van der Waals surface area contributed by atoms with Gasteiger partial charge in [0.1, 0.15) is 5.00 Å². The van der Waals surface area contributed by atoms with Gasteiger partial charge in [0, 0.05) is 16.9 Å². The molecule has 1 N–H and O–H groups in total. The van der Waals surface area contributed by atoms with E-state index in [0.29, 0.717) is 9.90 Å². The van der Waals surface area contributed by atoms with E-state index >= 15 is 0 Å². The zero-order valence-electron chi connectivity index (χ0n) is 14.0. The van der Waals surface area contributed by atoms with Crippen LogP contribution in [0.2, 0.25) is 4.34 Å². The summed E-state index contributed by atoms with van der Waals surface area (Å²) in [6.07, 6.45) is 0. The molecule has 0 saturated carbocycles. The third kappa shape index (κ3) is 2.53. The molecule has 2 aromatic heterocycles. The molecule has 0 spiro atoms. The van der Waals surface area contributed by atoms with E-state index in [0.717, 1.165) is 33.2 Å². The van der Waals surface area contributed by atoms with Gasteiger partial charge in [-0.3, -0.25) is 9.36 Å². The molecule has 3 heterocycles. The Balaban J connectivity index is 2.02. The van der Waals surface area contributed by atoms with Crippen molar-refractivity contribution in [3.63, 3.8) is 0 Å². The normalized spacial score (nSPS) is 12.7. The second kappa shape index (κ2) is 5.90. The minimum absolute atomic E-state index is 0.0575. The summed E-state index contributed by atoms with van der Waals surface area (Å²) in [6, 6.07) is 13.6. The number of benzene rings is 1. The summed E-state index contributed by atoms with van der Waals surface area (Å²) >= 11 is 7.62. The second-order valence-electron chi connectivity index (χ2n) is 6.39. The van der Waals surface area contributed by atoms with E-state index < -0.39 is 0 Å². The first kappa shape index (κ1) is 16.2. The lowest BCUT2D eigenvalue weighted by Gasteiger charge is -2.24. The van der Waals surface area contributed by atoms with Crippen LogP contribution in [0.15, 0.2) is 53.8 Å². The van der Waals surface area contributed by atoms with Crippen LogP contribution in [-0.4, -0.2) is 4.57 Å². The van der Waals surface area contributed by atoms with Crippen LogP contribution in [0.25, 0.3) is 11.3 Å². The van der Waals surface area contributed by atoms with Crippen LogP contribution in [0.3, 0.4) is 0 Å². The monoisotopic (exact) mass is 368 g/mol. The minimum atomic E-state index is -0.0575. The summed E-state index contributed by atoms with van der Waals surface area (Å²) in [6.45, 7) is 8.35. The van der Waals surface area contributed by atoms with Gasteiger partial charge in [-0.2, -0.15) is 0 Å². The van der Waals surface area contributed by atoms with Gasteiger partial charge in [-0.1, -0.05) is 50.2 Å². The van der Waals surface area contributed by atoms with Crippen molar-refractivity contribution in [1.29, 1.82) is 0 Å². The lowest BCUT2D eigenvalue weighted by molar-refractivity contribution is 0.758. The van der Waals surface area contributed by atoms with E-state index in [4.69, 9.17) is 11.6 Å². The smallest absolute Gasteiger partial charge is 0.265 e. The number of halogens is 1. The number of nitrogens with zero attached hydrogens (tertiary/aromatic N) is 1. The fourth-order valence-corrected chi connectivity index (χ4v) is 4.39. The number of pyridine rings is 1. The van der Waals surface area contributed by atoms with Crippen molar-refractivity contribution in [1.82, 2.24) is 4.57 Å². The third-order valence-electron chi connectivity index (χ3n) is 4.42. The van der Waals surface area contributed by atoms with Crippen LogP contribution < -0.4 is 10.9 Å². The van der Waals surface area contributed by atoms with E-state index in [1.54, 1.807) is 4.57 Å². The molecule has 5 heteroatoms. The molecule has 0 aliphatic carbocycles. The highest BCUT2D eigenvalue weighted by Crippen LogP contribution is 2.45. The van der Waals surface area contributed by atoms with Crippen LogP contribution >= 0.6 is 22.9 Å². The molecule has 0 fully saturated rings. The number of para-hydroxylation sites is 1. The number of rotatable bonds is 2. The van der Waals surface area contributed by atoms with Gasteiger partial charge in [-0.25, -0.2) is 0 Å². The average molecular weight is 369 g/mol. The molecule has 25 heavy (non-hydrogen) atoms. The summed E-state index contributed by atoms with van der Waals surface area (Å²) in [5, 5.41) is 4.31. The molecule has 0 bridgehead atoms. The van der Waals surface area contributed by atoms with Gasteiger partial charge < -0.3 is 5.32 Å². The molecular weight excluding hydrogens is 352 g/mol. The quantitative estimate of drug-likeness (QED) is 0.485. The summed E-state index contributed by atoms with van der Waals surface area (Å²) in [4.78, 5) is 13.4. The first-order valence-electron chi connectivity index (χ1n) is 8.08. The number of hydrogen-bond acceptors (Lipinski definition) is 3. The predicted octanol–water partition coefficient (Wildman–Crippen LogP) is 5.79. The van der Waals surface area contributed by atoms with Crippen molar-refractivity contribution < 1.29 is 0 Å². The molecule has 4 rings (SSSR count). The first-order valence-corrected chi connectivity index (χ1v) is 9.28. The Morgan fingerprint density at radius 2 is 1.92 bits per heavy atom. The average Bonchev–Trinajstić information content (AvgIpc) is 2.95. The fourth-order valence-electron chi connectivity index (χ4n) is 3.22. The largest absolute Gasteiger partial charge is 0.346 e. The number of aromatic nitrogens is 1. The Hall–Kier alpha value is -2.30. The topological polar surface area (TPSA) is 34.0 Å². The summed E-state index contributed by atoms with van der Waals surface area (Å²) in [5.74, 6) is 0.196. The van der Waals surface area contributed by atoms with E-state index in [9.17, 15) is 4.79 Å². The first-order chi connectivity index (χ1) is 12.0. The Morgan fingerprint density at radius 1 is 1.20 bits per heavy atom. The van der Waals surface area contributed by atoms with Gasteiger partial charge in [0.15, 0.2) is 0 Å². The SMILES string of the molecule is C=C1c2cc(Cl)sc2Nc2cc(C(C)C)n(-c3ccccc3)c(=O)c21. The lowest BCUT2D eigenvalue weighted by atomic mass is 9.95. The van der Waals surface area contributed by atoms with E-state index in [-0.39, 0.29) is 11.5 Å². The molecule has 1 aliphatic heterocycles. The number of anilines is 2. The van der Waals surface area contributed by atoms with Gasteiger partial charge in [0.05, 0.1) is 15.6 Å². The molecule has 0 radical (unpaired) electrons. The number of hydrogen-bond donors (Lipinski definition) is 1. The molecule has 1 aliphatic rings. The van der Waals surface area contributed by atoms with Crippen LogP contribution in [0.1, 0.15) is 36.6 Å². The molecule has 126 valence electrons. The van der Waals surface area contributed by atoms with Crippen LogP contribution in [-0.2, 0) is 0 Å². The minimum Gasteiger partial charge on any atom is -0.346 e. The van der Waals surface area contributed by atoms with Gasteiger partial charge in [-0.15, -0.1) is 11.3 Å². The predicted molar refractivity (Wildman–Crippen MR) is 107 cm³/mol. The number of nitrogens with one attached hydrogen (secondary N) is 1. The van der Waals surface area contributed by atoms with Crippen molar-refractivity contribution in [2.75, 3.05) is 5.32 Å². The second-order valence-corrected chi connectivity index (χ2v) is 8.07. The summed E-state index contributed by atoms with van der Waals surface area (Å²) in [7, 11) is 0. The van der Waals surface area contributed by atoms with Crippen molar-refractivity contribution in [3.05, 3.63) is 80.6 Å².